The minimum Gasteiger partial charge on any atom is -0.503 e. The Labute approximate surface area is 482 Å². The number of aromatic hydroxyl groups is 3. The maximum atomic E-state index is 14.1. The van der Waals surface area contributed by atoms with E-state index in [1.165, 1.54) is 12.1 Å². The van der Waals surface area contributed by atoms with Crippen molar-refractivity contribution in [3.63, 3.8) is 0 Å². The number of carbonyl (C=O) groups excluding carboxylic acids is 4. The zero-order chi connectivity index (χ0) is 63.5. The zero-order valence-electron chi connectivity index (χ0n) is 45.6. The molecule has 0 aliphatic carbocycles. The van der Waals surface area contributed by atoms with E-state index in [1.54, 1.807) is 18.2 Å². The lowest BCUT2D eigenvalue weighted by atomic mass is 9.83. The van der Waals surface area contributed by atoms with E-state index in [-0.39, 0.29) is 63.7 Å². The van der Waals surface area contributed by atoms with Crippen LogP contribution in [0.2, 0.25) is 0 Å². The Morgan fingerprint density at radius 3 is 0.941 bits per heavy atom. The van der Waals surface area contributed by atoms with Crippen LogP contribution in [-0.4, -0.2) is 247 Å². The minimum atomic E-state index is -2.11. The fraction of sp³-hybridized carbons (Fsp3) is 0.528. The zero-order valence-corrected chi connectivity index (χ0v) is 45.6. The molecular weight excluding hydrogens is 1130 g/mol. The molecule has 12 atom stereocenters. The van der Waals surface area contributed by atoms with Gasteiger partial charge in [0.05, 0.1) is 39.5 Å². The molecule has 22 N–H and O–H groups in total. The fourth-order valence-electron chi connectivity index (χ4n) is 9.08. The lowest BCUT2D eigenvalue weighted by molar-refractivity contribution is -0.117. The van der Waals surface area contributed by atoms with Crippen LogP contribution in [0.1, 0.15) is 80.3 Å². The number of rotatable bonds is 35. The van der Waals surface area contributed by atoms with Crippen molar-refractivity contribution >= 4 is 23.6 Å². The number of benzene rings is 1. The Bertz CT molecular complexity index is 2740. The maximum absolute atomic E-state index is 14.1. The molecule has 85 heavy (non-hydrogen) atoms. The lowest BCUT2D eigenvalue weighted by Gasteiger charge is -2.36. The van der Waals surface area contributed by atoms with Crippen LogP contribution in [-0.2, 0) is 19.6 Å². The van der Waals surface area contributed by atoms with Gasteiger partial charge in [-0.3, -0.25) is 33.6 Å². The highest BCUT2D eigenvalue weighted by atomic mass is 16.4. The molecule has 32 nitrogen and oxygen atoms in total. The molecule has 0 fully saturated rings. The molecule has 0 radical (unpaired) electrons. The van der Waals surface area contributed by atoms with Gasteiger partial charge in [-0.2, -0.15) is 0 Å². The summed E-state index contributed by atoms with van der Waals surface area (Å²) in [6.45, 7) is -6.16. The molecule has 3 heterocycles. The Balaban J connectivity index is 1.67. The number of amides is 4. The predicted molar refractivity (Wildman–Crippen MR) is 292 cm³/mol. The van der Waals surface area contributed by atoms with Gasteiger partial charge in [-0.15, -0.1) is 0 Å². The Morgan fingerprint density at radius 1 is 0.400 bits per heavy atom. The van der Waals surface area contributed by atoms with Gasteiger partial charge in [0.25, 0.3) is 23.6 Å². The molecule has 0 spiro atoms. The number of aliphatic hydroxyl groups excluding tert-OH is 15. The van der Waals surface area contributed by atoms with Gasteiger partial charge in [-0.05, 0) is 50.7 Å². The predicted octanol–water partition coefficient (Wildman–Crippen LogP) is -8.30. The molecule has 0 aliphatic rings. The molecule has 4 rings (SSSR count). The van der Waals surface area contributed by atoms with E-state index in [0.717, 1.165) is 50.5 Å². The number of aliphatic hydroxyl groups is 15. The third-order valence-electron chi connectivity index (χ3n) is 14.0. The van der Waals surface area contributed by atoms with Crippen molar-refractivity contribution in [2.75, 3.05) is 39.5 Å². The number of nitrogens with zero attached hydrogens (tertiary/aromatic N) is 3. The molecule has 4 aromatic rings. The summed E-state index contributed by atoms with van der Waals surface area (Å²) in [5, 5.41) is 194. The first-order chi connectivity index (χ1) is 40.1. The number of hydrogen-bond acceptors (Lipinski definition) is 25. The topological polar surface area (TPSA) is 547 Å². The van der Waals surface area contributed by atoms with Gasteiger partial charge in [-0.25, -0.2) is 0 Å². The molecule has 0 saturated carbocycles. The normalized spacial score (nSPS) is 16.1. The molecule has 32 heteroatoms. The number of hydrogen-bond donors (Lipinski definition) is 22. The third-order valence-corrected chi connectivity index (χ3v) is 14.0. The van der Waals surface area contributed by atoms with Crippen molar-refractivity contribution in [1.29, 1.82) is 0 Å². The summed E-state index contributed by atoms with van der Waals surface area (Å²) in [6, 6.07) is 10.2. The average Bonchev–Trinajstić information content (AvgIpc) is 3.70. The third kappa shape index (κ3) is 18.9. The second-order valence-electron chi connectivity index (χ2n) is 20.2. The molecule has 0 unspecified atom stereocenters. The molecule has 472 valence electrons. The average molecular weight is 1210 g/mol. The molecule has 3 aromatic heterocycles. The highest BCUT2D eigenvalue weighted by Crippen LogP contribution is 2.27. The second-order valence-corrected chi connectivity index (χ2v) is 20.2. The number of pyridine rings is 3. The van der Waals surface area contributed by atoms with Gasteiger partial charge in [0.15, 0.2) is 34.3 Å². The summed E-state index contributed by atoms with van der Waals surface area (Å²) in [7, 11) is 0. The van der Waals surface area contributed by atoms with Gasteiger partial charge in [-0.1, -0.05) is 18.2 Å². The van der Waals surface area contributed by atoms with Crippen molar-refractivity contribution in [1.82, 2.24) is 35.0 Å². The minimum absolute atomic E-state index is 0.0608. The maximum Gasteiger partial charge on any atom is 0.271 e. The van der Waals surface area contributed by atoms with Crippen LogP contribution in [0.15, 0.2) is 81.5 Å². The van der Waals surface area contributed by atoms with Gasteiger partial charge < -0.3 is 127 Å². The van der Waals surface area contributed by atoms with Crippen molar-refractivity contribution in [2.45, 2.75) is 137 Å². The molecule has 0 bridgehead atoms. The van der Waals surface area contributed by atoms with Crippen LogP contribution in [0.25, 0.3) is 0 Å². The highest BCUT2D eigenvalue weighted by Gasteiger charge is 2.36. The summed E-state index contributed by atoms with van der Waals surface area (Å²) < 4.78 is 2.61. The van der Waals surface area contributed by atoms with Gasteiger partial charge in [0, 0.05) is 67.5 Å². The van der Waals surface area contributed by atoms with Crippen molar-refractivity contribution in [3.05, 3.63) is 120 Å². The van der Waals surface area contributed by atoms with Crippen LogP contribution < -0.4 is 37.6 Å². The Kier molecular flexibility index (Phi) is 27.2. The van der Waals surface area contributed by atoms with E-state index in [9.17, 15) is 125 Å². The molecule has 1 aromatic carbocycles. The Morgan fingerprint density at radius 2 is 0.671 bits per heavy atom. The molecule has 4 amide bonds. The molecular formula is C53H75N7O25. The second kappa shape index (κ2) is 32.9. The smallest absolute Gasteiger partial charge is 0.271 e. The molecule has 0 saturated heterocycles. The summed E-state index contributed by atoms with van der Waals surface area (Å²) in [4.78, 5) is 93.2. The number of nitrogens with one attached hydrogen (secondary N) is 4. The number of aromatic nitrogens is 3. The van der Waals surface area contributed by atoms with Gasteiger partial charge in [0.2, 0.25) is 16.3 Å². The highest BCUT2D eigenvalue weighted by molar-refractivity contribution is 5.96. The van der Waals surface area contributed by atoms with E-state index in [2.05, 4.69) is 21.3 Å². The first-order valence-electron chi connectivity index (χ1n) is 26.6. The monoisotopic (exact) mass is 1210 g/mol. The quantitative estimate of drug-likeness (QED) is 0.0190. The molecule has 0 aliphatic heterocycles. The van der Waals surface area contributed by atoms with Gasteiger partial charge >= 0.3 is 0 Å². The summed E-state index contributed by atoms with van der Waals surface area (Å²) in [6.07, 6.45) is -21.5. The summed E-state index contributed by atoms with van der Waals surface area (Å²) in [5.74, 6) is -7.26. The van der Waals surface area contributed by atoms with E-state index >= 15 is 0 Å². The van der Waals surface area contributed by atoms with E-state index in [1.807, 2.05) is 0 Å². The lowest BCUT2D eigenvalue weighted by Crippen LogP contribution is -2.50. The van der Waals surface area contributed by atoms with Crippen LogP contribution >= 0.6 is 0 Å². The SMILES string of the molecule is O=C(NC(CCCNC(=O)c1c(O)c(=O)ccn1C[C@H](O)[C@@H](O)[C@H](O)[C@H](O)CO)(CCCNC(=O)c1c(O)c(=O)ccn1C[C@H](O)[C@@H](O)[C@H](O)[C@H](O)CO)CCCNC(=O)c1c(O)c(=O)ccn1C[C@H](O)[C@@H](O)[C@H](O)[C@H](O)CO)c1ccccc1. The van der Waals surface area contributed by atoms with Crippen LogP contribution in [0.4, 0.5) is 0 Å². The van der Waals surface area contributed by atoms with E-state index < -0.39 is 192 Å². The van der Waals surface area contributed by atoms with Crippen molar-refractivity contribution in [2.24, 2.45) is 0 Å². The first-order valence-corrected chi connectivity index (χ1v) is 26.6. The van der Waals surface area contributed by atoms with E-state index in [4.69, 9.17) is 0 Å². The van der Waals surface area contributed by atoms with Gasteiger partial charge in [0.1, 0.15) is 73.2 Å². The van der Waals surface area contributed by atoms with Crippen LogP contribution in [0.3, 0.4) is 0 Å². The largest absolute Gasteiger partial charge is 0.503 e. The van der Waals surface area contributed by atoms with E-state index in [0.29, 0.717) is 0 Å². The van der Waals surface area contributed by atoms with Crippen LogP contribution in [0, 0.1) is 0 Å². The summed E-state index contributed by atoms with van der Waals surface area (Å²) in [5.41, 5.74) is -6.54. The van der Waals surface area contributed by atoms with Crippen molar-refractivity contribution in [3.8, 4) is 17.2 Å². The fourth-order valence-corrected chi connectivity index (χ4v) is 9.08. The summed E-state index contributed by atoms with van der Waals surface area (Å²) >= 11 is 0. The van der Waals surface area contributed by atoms with Crippen molar-refractivity contribution < 1.29 is 111 Å². The number of carbonyl (C=O) groups is 4. The van der Waals surface area contributed by atoms with Crippen LogP contribution in [0.5, 0.6) is 17.2 Å². The first kappa shape index (κ1) is 70.2. The standard InChI is InChI=1S/C53H75N7O25/c61-24-34(70)46(79)43(76)31(67)21-58-18-9-28(64)40(73)37(58)50(83)54-15-4-12-53(57-49(82)27-7-2-1-3-8-27,13-5-16-55-51(84)38-41(74)29(65)10-19-59(38)22-32(68)44(77)47(80)35(71)25-62)14-6-17-56-52(85)39-42(75)30(66)11-20-60(39)23-33(69)45(78)48(81)36(72)26-63/h1-3,7-11,18-20,31-36,43-48,61-63,67-81H,4-6,12-17,21-26H2,(H,54,83)(H,55,84)(H,56,85)(H,57,82)/t31-,32-,33-,34+,35+,36+,43+,44+,45+,46+,47+,48+/m0/s1. The Hall–Kier alpha value is -7.25.